The number of nitrogens with two attached hydrogens (primary N) is 1. The van der Waals surface area contributed by atoms with E-state index in [0.29, 0.717) is 38.9 Å². The Kier molecular flexibility index (Phi) is 5.73. The highest BCUT2D eigenvalue weighted by molar-refractivity contribution is 7.99. The van der Waals surface area contributed by atoms with E-state index in [4.69, 9.17) is 33.8 Å². The van der Waals surface area contributed by atoms with Crippen LogP contribution < -0.4 is 10.6 Å². The molecule has 0 saturated carbocycles. The number of thioether (sulfide) groups is 1. The van der Waals surface area contributed by atoms with Crippen molar-refractivity contribution in [3.8, 4) is 17.1 Å². The van der Waals surface area contributed by atoms with Gasteiger partial charge in [-0.1, -0.05) is 47.1 Å². The number of aromatic nitrogens is 3. The lowest BCUT2D eigenvalue weighted by atomic mass is 10.2. The van der Waals surface area contributed by atoms with Gasteiger partial charge in [0.15, 0.2) is 5.82 Å². The molecular formula is C17H16Cl2N4OS. The minimum absolute atomic E-state index is 0.467. The summed E-state index contributed by atoms with van der Waals surface area (Å²) in [5.41, 5.74) is 1.81. The normalized spacial score (nSPS) is 10.8. The van der Waals surface area contributed by atoms with Crippen molar-refractivity contribution in [3.05, 3.63) is 58.1 Å². The van der Waals surface area contributed by atoms with Gasteiger partial charge in [-0.05, 0) is 42.8 Å². The van der Waals surface area contributed by atoms with Crippen molar-refractivity contribution >= 4 is 35.0 Å². The summed E-state index contributed by atoms with van der Waals surface area (Å²) >= 11 is 13.7. The molecule has 0 atom stereocenters. The Hall–Kier alpha value is -1.89. The third-order valence-electron chi connectivity index (χ3n) is 3.41. The lowest BCUT2D eigenvalue weighted by molar-refractivity contribution is 0.343. The summed E-state index contributed by atoms with van der Waals surface area (Å²) in [6.07, 6.45) is 0. The molecule has 0 aliphatic heterocycles. The maximum Gasteiger partial charge on any atom is 0.210 e. The molecule has 3 rings (SSSR count). The van der Waals surface area contributed by atoms with Gasteiger partial charge >= 0.3 is 0 Å². The van der Waals surface area contributed by atoms with Crippen molar-refractivity contribution in [2.24, 2.45) is 0 Å². The van der Waals surface area contributed by atoms with E-state index in [-0.39, 0.29) is 0 Å². The molecule has 130 valence electrons. The Bertz CT molecular complexity index is 885. The van der Waals surface area contributed by atoms with Gasteiger partial charge < -0.3 is 10.6 Å². The Morgan fingerprint density at radius 1 is 1.16 bits per heavy atom. The molecule has 2 aromatic carbocycles. The fourth-order valence-corrected chi connectivity index (χ4v) is 3.27. The van der Waals surface area contributed by atoms with Crippen LogP contribution in [0.25, 0.3) is 11.4 Å². The molecule has 0 bridgehead atoms. The summed E-state index contributed by atoms with van der Waals surface area (Å²) in [6.45, 7) is 2.56. The van der Waals surface area contributed by atoms with Gasteiger partial charge in [0.05, 0.1) is 11.6 Å². The zero-order valence-electron chi connectivity index (χ0n) is 13.4. The van der Waals surface area contributed by atoms with Gasteiger partial charge in [0.25, 0.3) is 0 Å². The van der Waals surface area contributed by atoms with Gasteiger partial charge in [0.1, 0.15) is 5.75 Å². The van der Waals surface area contributed by atoms with E-state index in [9.17, 15) is 0 Å². The number of nitrogens with zero attached hydrogens (tertiary/aromatic N) is 3. The molecule has 1 aromatic heterocycles. The molecule has 0 unspecified atom stereocenters. The first-order valence-electron chi connectivity index (χ1n) is 7.53. The van der Waals surface area contributed by atoms with E-state index in [1.54, 1.807) is 18.2 Å². The number of halogens is 2. The van der Waals surface area contributed by atoms with Crippen LogP contribution in [-0.2, 0) is 0 Å². The molecule has 0 radical (unpaired) electrons. The van der Waals surface area contributed by atoms with Crippen LogP contribution in [0.5, 0.6) is 5.75 Å². The van der Waals surface area contributed by atoms with Crippen molar-refractivity contribution in [1.29, 1.82) is 0 Å². The molecule has 0 aliphatic carbocycles. The smallest absolute Gasteiger partial charge is 0.210 e. The zero-order valence-corrected chi connectivity index (χ0v) is 15.8. The average molecular weight is 395 g/mol. The molecule has 3 aromatic rings. The summed E-state index contributed by atoms with van der Waals surface area (Å²) in [6, 6.07) is 13.1. The predicted molar refractivity (Wildman–Crippen MR) is 103 cm³/mol. The van der Waals surface area contributed by atoms with Crippen LogP contribution in [0, 0.1) is 6.92 Å². The van der Waals surface area contributed by atoms with Crippen LogP contribution in [0.15, 0.2) is 47.6 Å². The van der Waals surface area contributed by atoms with Crippen LogP contribution in [0.2, 0.25) is 10.0 Å². The first-order chi connectivity index (χ1) is 12.0. The van der Waals surface area contributed by atoms with Crippen LogP contribution >= 0.6 is 35.0 Å². The fraction of sp³-hybridized carbons (Fsp3) is 0.176. The van der Waals surface area contributed by atoms with Crippen molar-refractivity contribution in [2.45, 2.75) is 12.1 Å². The van der Waals surface area contributed by atoms with Gasteiger partial charge in [-0.25, -0.2) is 4.68 Å². The first kappa shape index (κ1) is 17.9. The number of benzene rings is 2. The summed E-state index contributed by atoms with van der Waals surface area (Å²) in [5.74, 6) is 8.10. The summed E-state index contributed by atoms with van der Waals surface area (Å²) in [4.78, 5) is 0. The molecule has 0 amide bonds. The minimum Gasteiger partial charge on any atom is -0.493 e. The van der Waals surface area contributed by atoms with Gasteiger partial charge in [-0.3, -0.25) is 0 Å². The van der Waals surface area contributed by atoms with Crippen LogP contribution in [0.1, 0.15) is 5.56 Å². The lowest BCUT2D eigenvalue weighted by Crippen LogP contribution is -2.12. The molecular weight excluding hydrogens is 379 g/mol. The largest absolute Gasteiger partial charge is 0.493 e. The highest BCUT2D eigenvalue weighted by atomic mass is 35.5. The predicted octanol–water partition coefficient (Wildman–Crippen LogP) is 4.45. The molecule has 0 spiro atoms. The topological polar surface area (TPSA) is 66.0 Å². The van der Waals surface area contributed by atoms with Crippen LogP contribution in [-0.4, -0.2) is 27.2 Å². The number of hydrogen-bond acceptors (Lipinski definition) is 5. The average Bonchev–Trinajstić information content (AvgIpc) is 2.95. The van der Waals surface area contributed by atoms with Gasteiger partial charge in [0, 0.05) is 16.3 Å². The van der Waals surface area contributed by atoms with Crippen molar-refractivity contribution < 1.29 is 4.74 Å². The van der Waals surface area contributed by atoms with E-state index in [2.05, 4.69) is 10.2 Å². The first-order valence-corrected chi connectivity index (χ1v) is 9.27. The second-order valence-corrected chi connectivity index (χ2v) is 7.22. The minimum atomic E-state index is 0.467. The molecule has 25 heavy (non-hydrogen) atoms. The highest BCUT2D eigenvalue weighted by Gasteiger charge is 2.15. The quantitative estimate of drug-likeness (QED) is 0.380. The molecule has 8 heteroatoms. The molecule has 1 heterocycles. The SMILES string of the molecule is Cc1cccc(OCCSc2nnc(-c3cc(Cl)ccc3Cl)n2N)c1. The number of aryl methyl sites for hydroxylation is 1. The third kappa shape index (κ3) is 4.39. The van der Waals surface area contributed by atoms with Gasteiger partial charge in [0.2, 0.25) is 5.16 Å². The van der Waals surface area contributed by atoms with Crippen LogP contribution in [0.4, 0.5) is 0 Å². The van der Waals surface area contributed by atoms with Gasteiger partial charge in [-0.2, -0.15) is 0 Å². The number of ether oxygens (including phenoxy) is 1. The fourth-order valence-electron chi connectivity index (χ4n) is 2.23. The van der Waals surface area contributed by atoms with E-state index in [1.807, 2.05) is 31.2 Å². The highest BCUT2D eigenvalue weighted by Crippen LogP contribution is 2.30. The Morgan fingerprint density at radius 3 is 2.80 bits per heavy atom. The van der Waals surface area contributed by atoms with E-state index < -0.39 is 0 Å². The maximum atomic E-state index is 6.20. The molecule has 0 aliphatic rings. The van der Waals surface area contributed by atoms with Crippen LogP contribution in [0.3, 0.4) is 0 Å². The summed E-state index contributed by atoms with van der Waals surface area (Å²) in [5, 5.41) is 9.89. The van der Waals surface area contributed by atoms with Crippen molar-refractivity contribution in [2.75, 3.05) is 18.2 Å². The summed E-state index contributed by atoms with van der Waals surface area (Å²) < 4.78 is 7.13. The maximum absolute atomic E-state index is 6.20. The standard InChI is InChI=1S/C17H16Cl2N4OS/c1-11-3-2-4-13(9-11)24-7-8-25-17-22-21-16(23(17)20)14-10-12(18)5-6-15(14)19/h2-6,9-10H,7-8,20H2,1H3. The Morgan fingerprint density at radius 2 is 2.00 bits per heavy atom. The van der Waals surface area contributed by atoms with E-state index >= 15 is 0 Å². The lowest BCUT2D eigenvalue weighted by Gasteiger charge is -2.07. The second-order valence-electron chi connectivity index (χ2n) is 5.31. The van der Waals surface area contributed by atoms with E-state index in [1.165, 1.54) is 16.4 Å². The zero-order chi connectivity index (χ0) is 17.8. The molecule has 2 N–H and O–H groups in total. The number of rotatable bonds is 6. The monoisotopic (exact) mass is 394 g/mol. The summed E-state index contributed by atoms with van der Waals surface area (Å²) in [7, 11) is 0. The van der Waals surface area contributed by atoms with E-state index in [0.717, 1.165) is 11.3 Å². The van der Waals surface area contributed by atoms with Crippen molar-refractivity contribution in [1.82, 2.24) is 14.9 Å². The number of nitrogen functional groups attached to an aromatic ring is 1. The Balaban J connectivity index is 1.63. The molecule has 0 fully saturated rings. The Labute approximate surface area is 160 Å². The van der Waals surface area contributed by atoms with Crippen molar-refractivity contribution in [3.63, 3.8) is 0 Å². The van der Waals surface area contributed by atoms with Gasteiger partial charge in [-0.15, -0.1) is 10.2 Å². The third-order valence-corrected chi connectivity index (χ3v) is 4.88. The molecule has 5 nitrogen and oxygen atoms in total. The molecule has 0 saturated heterocycles. The number of hydrogen-bond donors (Lipinski definition) is 1. The second kappa shape index (κ2) is 7.99.